The molecule has 0 aliphatic heterocycles. The van der Waals surface area contributed by atoms with E-state index in [1.165, 1.54) is 83.5 Å². The molecule has 0 bridgehead atoms. The van der Waals surface area contributed by atoms with Gasteiger partial charge in [-0.3, -0.25) is 4.79 Å². The van der Waals surface area contributed by atoms with Crippen LogP contribution in [0.1, 0.15) is 117 Å². The lowest BCUT2D eigenvalue weighted by Gasteiger charge is -2.33. The summed E-state index contributed by atoms with van der Waals surface area (Å²) in [5.41, 5.74) is 0. The van der Waals surface area contributed by atoms with E-state index in [0.717, 1.165) is 12.8 Å². The molecule has 4 atom stereocenters. The van der Waals surface area contributed by atoms with Crippen molar-refractivity contribution in [3.63, 3.8) is 0 Å². The molecular formula is C35H70O10. The maximum Gasteiger partial charge on any atom is 0.305 e. The lowest BCUT2D eigenvalue weighted by Crippen LogP contribution is -2.45. The normalized spacial score (nSPS) is 14.4. The van der Waals surface area contributed by atoms with E-state index in [1.54, 1.807) is 21.3 Å². The van der Waals surface area contributed by atoms with E-state index in [-0.39, 0.29) is 44.9 Å². The third-order valence-corrected chi connectivity index (χ3v) is 7.94. The molecule has 10 nitrogen and oxygen atoms in total. The predicted octanol–water partition coefficient (Wildman–Crippen LogP) is 6.49. The number of hydrogen-bond acceptors (Lipinski definition) is 10. The van der Waals surface area contributed by atoms with Gasteiger partial charge in [0.15, 0.2) is 6.29 Å². The SMILES string of the molecule is CCCCCCCCCCCCCCCCCC(=O)OCCOCC(OCCOC)C(C)C(OCCOC)C(O)OCCOC. The Labute approximate surface area is 275 Å². The third-order valence-electron chi connectivity index (χ3n) is 7.94. The Hall–Kier alpha value is -0.850. The van der Waals surface area contributed by atoms with E-state index in [2.05, 4.69) is 6.92 Å². The van der Waals surface area contributed by atoms with Gasteiger partial charge in [0, 0.05) is 33.7 Å². The van der Waals surface area contributed by atoms with Gasteiger partial charge in [-0.1, -0.05) is 104 Å². The number of esters is 1. The number of hydrogen-bond donors (Lipinski definition) is 1. The largest absolute Gasteiger partial charge is 0.463 e. The van der Waals surface area contributed by atoms with Crippen LogP contribution in [0.15, 0.2) is 0 Å². The molecule has 0 spiro atoms. The number of aliphatic hydroxyl groups is 1. The van der Waals surface area contributed by atoms with E-state index in [1.807, 2.05) is 6.92 Å². The van der Waals surface area contributed by atoms with Crippen molar-refractivity contribution in [2.45, 2.75) is 135 Å². The Bertz CT molecular complexity index is 609. The molecule has 270 valence electrons. The molecule has 0 aromatic rings. The molecule has 0 saturated heterocycles. The number of unbranched alkanes of at least 4 members (excludes halogenated alkanes) is 14. The van der Waals surface area contributed by atoms with Crippen LogP contribution in [0.3, 0.4) is 0 Å². The van der Waals surface area contributed by atoms with Gasteiger partial charge >= 0.3 is 5.97 Å². The van der Waals surface area contributed by atoms with Crippen molar-refractivity contribution in [1.82, 2.24) is 0 Å². The molecule has 0 amide bonds. The van der Waals surface area contributed by atoms with Crippen LogP contribution in [-0.2, 0) is 42.7 Å². The average Bonchev–Trinajstić information content (AvgIpc) is 3.03. The first kappa shape index (κ1) is 44.1. The molecule has 0 aromatic heterocycles. The van der Waals surface area contributed by atoms with E-state index >= 15 is 0 Å². The average molecular weight is 651 g/mol. The highest BCUT2D eigenvalue weighted by Crippen LogP contribution is 2.20. The monoisotopic (exact) mass is 650 g/mol. The number of aliphatic hydroxyl groups excluding tert-OH is 1. The van der Waals surface area contributed by atoms with Crippen molar-refractivity contribution in [2.75, 3.05) is 80.8 Å². The van der Waals surface area contributed by atoms with Crippen molar-refractivity contribution in [1.29, 1.82) is 0 Å². The number of ether oxygens (including phenoxy) is 8. The maximum atomic E-state index is 12.2. The van der Waals surface area contributed by atoms with Crippen LogP contribution in [0.5, 0.6) is 0 Å². The van der Waals surface area contributed by atoms with E-state index in [9.17, 15) is 9.90 Å². The zero-order valence-electron chi connectivity index (χ0n) is 29.6. The second-order valence-electron chi connectivity index (χ2n) is 11.8. The van der Waals surface area contributed by atoms with Crippen LogP contribution >= 0.6 is 0 Å². The Morgan fingerprint density at radius 2 is 1.04 bits per heavy atom. The van der Waals surface area contributed by atoms with Gasteiger partial charge in [-0.15, -0.1) is 0 Å². The molecule has 0 heterocycles. The summed E-state index contributed by atoms with van der Waals surface area (Å²) in [7, 11) is 4.77. The van der Waals surface area contributed by atoms with E-state index < -0.39 is 18.5 Å². The molecule has 0 saturated carbocycles. The maximum absolute atomic E-state index is 12.2. The van der Waals surface area contributed by atoms with Gasteiger partial charge in [-0.05, 0) is 6.42 Å². The zero-order valence-corrected chi connectivity index (χ0v) is 29.6. The summed E-state index contributed by atoms with van der Waals surface area (Å²) < 4.78 is 43.9. The van der Waals surface area contributed by atoms with E-state index in [4.69, 9.17) is 37.9 Å². The summed E-state index contributed by atoms with van der Waals surface area (Å²) >= 11 is 0. The molecule has 45 heavy (non-hydrogen) atoms. The second-order valence-corrected chi connectivity index (χ2v) is 11.8. The molecule has 1 N–H and O–H groups in total. The fraction of sp³-hybridized carbons (Fsp3) is 0.971. The summed E-state index contributed by atoms with van der Waals surface area (Å²) in [6.07, 6.45) is 17.6. The minimum atomic E-state index is -1.18. The van der Waals surface area contributed by atoms with Gasteiger partial charge < -0.3 is 43.0 Å². The van der Waals surface area contributed by atoms with E-state index in [0.29, 0.717) is 32.8 Å². The van der Waals surface area contributed by atoms with Crippen LogP contribution in [0, 0.1) is 5.92 Å². The first-order chi connectivity index (χ1) is 22.0. The van der Waals surface area contributed by atoms with Crippen molar-refractivity contribution in [2.24, 2.45) is 5.92 Å². The summed E-state index contributed by atoms with van der Waals surface area (Å²) in [5, 5.41) is 10.7. The summed E-state index contributed by atoms with van der Waals surface area (Å²) in [4.78, 5) is 12.2. The lowest BCUT2D eigenvalue weighted by molar-refractivity contribution is -0.214. The first-order valence-corrected chi connectivity index (χ1v) is 17.7. The smallest absolute Gasteiger partial charge is 0.305 e. The summed E-state index contributed by atoms with van der Waals surface area (Å²) in [6.45, 7) is 6.88. The molecule has 0 aromatic carbocycles. The molecule has 0 aliphatic carbocycles. The second kappa shape index (κ2) is 34.5. The Kier molecular flexibility index (Phi) is 33.8. The van der Waals surface area contributed by atoms with Gasteiger partial charge in [0.25, 0.3) is 0 Å². The fourth-order valence-corrected chi connectivity index (χ4v) is 5.08. The van der Waals surface area contributed by atoms with Crippen molar-refractivity contribution in [3.8, 4) is 0 Å². The fourth-order valence-electron chi connectivity index (χ4n) is 5.08. The van der Waals surface area contributed by atoms with Gasteiger partial charge in [0.05, 0.1) is 59.0 Å². The van der Waals surface area contributed by atoms with Crippen LogP contribution in [0.4, 0.5) is 0 Å². The highest BCUT2D eigenvalue weighted by atomic mass is 16.6. The zero-order chi connectivity index (χ0) is 33.2. The number of carbonyl (C=O) groups excluding carboxylic acids is 1. The Morgan fingerprint density at radius 1 is 0.578 bits per heavy atom. The number of rotatable bonds is 36. The first-order valence-electron chi connectivity index (χ1n) is 17.7. The number of methoxy groups -OCH3 is 3. The van der Waals surface area contributed by atoms with Crippen LogP contribution in [0.25, 0.3) is 0 Å². The topological polar surface area (TPSA) is 111 Å². The summed E-state index contributed by atoms with van der Waals surface area (Å²) in [6, 6.07) is 0. The molecule has 10 heteroatoms. The van der Waals surface area contributed by atoms with Crippen molar-refractivity contribution < 1.29 is 47.8 Å². The highest BCUT2D eigenvalue weighted by molar-refractivity contribution is 5.69. The van der Waals surface area contributed by atoms with Crippen molar-refractivity contribution in [3.05, 3.63) is 0 Å². The Morgan fingerprint density at radius 3 is 1.56 bits per heavy atom. The molecule has 0 radical (unpaired) electrons. The molecule has 0 rings (SSSR count). The van der Waals surface area contributed by atoms with Crippen molar-refractivity contribution >= 4 is 5.97 Å². The minimum Gasteiger partial charge on any atom is -0.463 e. The molecule has 0 fully saturated rings. The van der Waals surface area contributed by atoms with Crippen LogP contribution in [0.2, 0.25) is 0 Å². The van der Waals surface area contributed by atoms with Gasteiger partial charge in [-0.2, -0.15) is 0 Å². The predicted molar refractivity (Wildman–Crippen MR) is 178 cm³/mol. The van der Waals surface area contributed by atoms with Crippen LogP contribution in [-0.4, -0.2) is 110 Å². The van der Waals surface area contributed by atoms with Gasteiger partial charge in [-0.25, -0.2) is 0 Å². The lowest BCUT2D eigenvalue weighted by atomic mass is 9.97. The molecule has 4 unspecified atom stereocenters. The molecular weight excluding hydrogens is 580 g/mol. The standard InChI is InChI=1S/C35H70O10/c1-6-7-8-9-10-11-12-13-14-15-16-17-18-19-20-21-33(36)43-29-25-41-30-32(42-26-22-38-3)31(2)34(44-27-23-39-4)35(37)45-28-24-40-5/h31-32,34-35,37H,6-30H2,1-5H3. The Balaban J connectivity index is 4.17. The van der Waals surface area contributed by atoms with Gasteiger partial charge in [0.1, 0.15) is 12.7 Å². The quantitative estimate of drug-likeness (QED) is 0.0459. The van der Waals surface area contributed by atoms with Crippen LogP contribution < -0.4 is 0 Å². The van der Waals surface area contributed by atoms with Gasteiger partial charge in [0.2, 0.25) is 0 Å². The summed E-state index contributed by atoms with van der Waals surface area (Å²) in [5.74, 6) is -0.471. The highest BCUT2D eigenvalue weighted by Gasteiger charge is 2.33. The number of carbonyl (C=O) groups is 1. The minimum absolute atomic E-state index is 0.183. The third kappa shape index (κ3) is 27.9. The molecule has 0 aliphatic rings.